The van der Waals surface area contributed by atoms with E-state index in [4.69, 9.17) is 9.78 Å². The Morgan fingerprint density at radius 2 is 2.05 bits per heavy atom. The molecule has 1 aromatic carbocycles. The minimum Gasteiger partial charge on any atom is -0.387 e. The molecule has 2 fully saturated rings. The summed E-state index contributed by atoms with van der Waals surface area (Å²) < 4.78 is 0. The summed E-state index contributed by atoms with van der Waals surface area (Å²) in [6, 6.07) is 10.4. The first-order chi connectivity index (χ1) is 9.50. The van der Waals surface area contributed by atoms with Gasteiger partial charge in [-0.1, -0.05) is 18.2 Å². The quantitative estimate of drug-likeness (QED) is 0.685. The molecule has 3 nitrogen and oxygen atoms in total. The van der Waals surface area contributed by atoms with Crippen LogP contribution in [-0.2, 0) is 9.78 Å². The van der Waals surface area contributed by atoms with Crippen LogP contribution in [0.5, 0.6) is 0 Å². The van der Waals surface area contributed by atoms with Gasteiger partial charge in [-0.25, -0.2) is 9.78 Å². The van der Waals surface area contributed by atoms with Crippen LogP contribution in [0.25, 0.3) is 0 Å². The van der Waals surface area contributed by atoms with Crippen LogP contribution >= 0.6 is 11.8 Å². The summed E-state index contributed by atoms with van der Waals surface area (Å²) in [5.74, 6) is 1.33. The number of rotatable bonds is 3. The zero-order valence-electron chi connectivity index (χ0n) is 12.0. The average Bonchev–Trinajstić information content (AvgIpc) is 2.45. The van der Waals surface area contributed by atoms with E-state index in [1.54, 1.807) is 11.8 Å². The smallest absolute Gasteiger partial charge is 0.122 e. The van der Waals surface area contributed by atoms with Crippen LogP contribution in [0.4, 0.5) is 0 Å². The van der Waals surface area contributed by atoms with Gasteiger partial charge in [0.25, 0.3) is 0 Å². The molecule has 1 saturated carbocycles. The lowest BCUT2D eigenvalue weighted by molar-refractivity contribution is -0.441. The number of aliphatic hydroxyl groups is 1. The highest BCUT2D eigenvalue weighted by atomic mass is 32.2. The molecule has 4 heteroatoms. The molecule has 110 valence electrons. The highest BCUT2D eigenvalue weighted by Gasteiger charge is 2.51. The van der Waals surface area contributed by atoms with E-state index in [2.05, 4.69) is 31.2 Å². The maximum Gasteiger partial charge on any atom is 0.122 e. The minimum absolute atomic E-state index is 0.184. The number of thioether (sulfide) groups is 1. The molecule has 1 aliphatic heterocycles. The van der Waals surface area contributed by atoms with Gasteiger partial charge in [0.05, 0.1) is 5.60 Å². The molecule has 1 saturated heterocycles. The van der Waals surface area contributed by atoms with E-state index < -0.39 is 5.60 Å². The lowest BCUT2D eigenvalue weighted by Gasteiger charge is -2.50. The van der Waals surface area contributed by atoms with Crippen molar-refractivity contribution in [2.75, 3.05) is 5.75 Å². The van der Waals surface area contributed by atoms with Gasteiger partial charge in [0, 0.05) is 10.6 Å². The third-order valence-corrected chi connectivity index (χ3v) is 6.00. The summed E-state index contributed by atoms with van der Waals surface area (Å²) in [7, 11) is 0. The van der Waals surface area contributed by atoms with Crippen LogP contribution in [0, 0.1) is 5.92 Å². The van der Waals surface area contributed by atoms with Gasteiger partial charge < -0.3 is 5.11 Å². The third kappa shape index (κ3) is 2.75. The Morgan fingerprint density at radius 3 is 2.80 bits per heavy atom. The van der Waals surface area contributed by atoms with Crippen LogP contribution in [0.3, 0.4) is 0 Å². The largest absolute Gasteiger partial charge is 0.387 e. The topological polar surface area (TPSA) is 38.7 Å². The van der Waals surface area contributed by atoms with Crippen molar-refractivity contribution in [3.05, 3.63) is 30.3 Å². The molecule has 4 atom stereocenters. The molecule has 1 aliphatic carbocycles. The second-order valence-electron chi connectivity index (χ2n) is 6.41. The van der Waals surface area contributed by atoms with E-state index in [0.29, 0.717) is 5.92 Å². The molecule has 2 bridgehead atoms. The van der Waals surface area contributed by atoms with Crippen molar-refractivity contribution in [1.29, 1.82) is 0 Å². The van der Waals surface area contributed by atoms with Gasteiger partial charge in [-0.2, -0.15) is 0 Å². The second kappa shape index (κ2) is 5.34. The molecular formula is C16H22O3S. The predicted octanol–water partition coefficient (Wildman–Crippen LogP) is 3.42. The minimum atomic E-state index is -0.746. The summed E-state index contributed by atoms with van der Waals surface area (Å²) in [6.45, 7) is 3.97. The van der Waals surface area contributed by atoms with Crippen molar-refractivity contribution in [2.45, 2.75) is 55.3 Å². The van der Waals surface area contributed by atoms with Gasteiger partial charge in [0.1, 0.15) is 11.7 Å². The standard InChI is InChI=1S/C16H22O3S/c1-15(17)9-8-12-10-14(15)18-19-16(12,2)11-20-13-6-4-3-5-7-13/h3-7,12,14,17H,8-11H2,1-2H3. The van der Waals surface area contributed by atoms with Gasteiger partial charge in [0.15, 0.2) is 0 Å². The Kier molecular flexibility index (Phi) is 3.84. The third-order valence-electron chi connectivity index (χ3n) is 4.68. The first-order valence-electron chi connectivity index (χ1n) is 7.24. The van der Waals surface area contributed by atoms with Gasteiger partial charge >= 0.3 is 0 Å². The first-order valence-corrected chi connectivity index (χ1v) is 8.23. The van der Waals surface area contributed by atoms with Crippen LogP contribution in [0.1, 0.15) is 33.1 Å². The highest BCUT2D eigenvalue weighted by molar-refractivity contribution is 7.99. The van der Waals surface area contributed by atoms with Gasteiger partial charge in [-0.3, -0.25) is 0 Å². The fourth-order valence-electron chi connectivity index (χ4n) is 3.08. The normalized spacial score (nSPS) is 40.5. The molecule has 0 spiro atoms. The molecule has 0 amide bonds. The van der Waals surface area contributed by atoms with Crippen molar-refractivity contribution in [2.24, 2.45) is 5.92 Å². The molecule has 1 aromatic rings. The summed E-state index contributed by atoms with van der Waals surface area (Å²) in [5, 5.41) is 10.3. The Balaban J connectivity index is 1.65. The van der Waals surface area contributed by atoms with E-state index >= 15 is 0 Å². The van der Waals surface area contributed by atoms with E-state index in [-0.39, 0.29) is 11.7 Å². The zero-order chi connectivity index (χ0) is 14.2. The van der Waals surface area contributed by atoms with Crippen LogP contribution in [0.2, 0.25) is 0 Å². The predicted molar refractivity (Wildman–Crippen MR) is 79.5 cm³/mol. The summed E-state index contributed by atoms with van der Waals surface area (Å²) in [5.41, 5.74) is -1.02. The fraction of sp³-hybridized carbons (Fsp3) is 0.625. The monoisotopic (exact) mass is 294 g/mol. The zero-order valence-corrected chi connectivity index (χ0v) is 12.9. The van der Waals surface area contributed by atoms with Crippen LogP contribution in [0.15, 0.2) is 35.2 Å². The van der Waals surface area contributed by atoms with Crippen LogP contribution in [-0.4, -0.2) is 28.2 Å². The maximum absolute atomic E-state index is 10.3. The fourth-order valence-corrected chi connectivity index (χ4v) is 4.16. The van der Waals surface area contributed by atoms with Crippen molar-refractivity contribution in [3.63, 3.8) is 0 Å². The molecule has 0 aromatic heterocycles. The average molecular weight is 294 g/mol. The number of fused-ring (bicyclic) bond motifs is 2. The van der Waals surface area contributed by atoms with Gasteiger partial charge in [0.2, 0.25) is 0 Å². The molecule has 3 rings (SSSR count). The number of hydrogen-bond acceptors (Lipinski definition) is 4. The molecule has 1 N–H and O–H groups in total. The van der Waals surface area contributed by atoms with Gasteiger partial charge in [-0.05, 0) is 51.2 Å². The van der Waals surface area contributed by atoms with E-state index in [1.807, 2.05) is 13.0 Å². The van der Waals surface area contributed by atoms with Crippen molar-refractivity contribution in [1.82, 2.24) is 0 Å². The Bertz CT molecular complexity index is 462. The Morgan fingerprint density at radius 1 is 1.30 bits per heavy atom. The lowest BCUT2D eigenvalue weighted by atomic mass is 9.71. The molecule has 20 heavy (non-hydrogen) atoms. The van der Waals surface area contributed by atoms with E-state index in [9.17, 15) is 5.11 Å². The second-order valence-corrected chi connectivity index (χ2v) is 7.46. The van der Waals surface area contributed by atoms with Crippen molar-refractivity contribution >= 4 is 11.8 Å². The molecular weight excluding hydrogens is 272 g/mol. The van der Waals surface area contributed by atoms with Crippen molar-refractivity contribution in [3.8, 4) is 0 Å². The van der Waals surface area contributed by atoms with E-state index in [0.717, 1.165) is 25.0 Å². The molecule has 1 heterocycles. The van der Waals surface area contributed by atoms with E-state index in [1.165, 1.54) is 4.90 Å². The number of benzene rings is 1. The summed E-state index contributed by atoms with van der Waals surface area (Å²) in [6.07, 6.45) is 2.49. The SMILES string of the molecule is CC1(O)CCC2CC1OOC2(C)CSc1ccccc1. The van der Waals surface area contributed by atoms with Gasteiger partial charge in [-0.15, -0.1) is 11.8 Å². The Labute approximate surface area is 124 Å². The molecule has 4 unspecified atom stereocenters. The highest BCUT2D eigenvalue weighted by Crippen LogP contribution is 2.46. The lowest BCUT2D eigenvalue weighted by Crippen LogP contribution is -2.57. The Hall–Kier alpha value is -0.550. The summed E-state index contributed by atoms with van der Waals surface area (Å²) >= 11 is 1.80. The van der Waals surface area contributed by atoms with Crippen molar-refractivity contribution < 1.29 is 14.9 Å². The maximum atomic E-state index is 10.3. The first kappa shape index (κ1) is 14.4. The molecule has 0 radical (unpaired) electrons. The molecule has 2 aliphatic rings. The summed E-state index contributed by atoms with van der Waals surface area (Å²) in [4.78, 5) is 12.5. The van der Waals surface area contributed by atoms with Crippen LogP contribution < -0.4 is 0 Å². The number of hydrogen-bond donors (Lipinski definition) is 1.